The number of carbonyl (C=O) groups is 1. The maximum Gasteiger partial charge on any atom is 0.270 e. The molecule has 0 bridgehead atoms. The van der Waals surface area contributed by atoms with Crippen LogP contribution in [0.2, 0.25) is 0 Å². The molecular formula is C22H23N3O4. The van der Waals surface area contributed by atoms with E-state index in [1.807, 2.05) is 42.5 Å². The lowest BCUT2D eigenvalue weighted by Crippen LogP contribution is -2.24. The SMILES string of the molecule is COc1ccc(OC)c(Nc2ccnc(C(=O)NCc3ccccc3OC)c2)c1. The van der Waals surface area contributed by atoms with Crippen molar-refractivity contribution in [3.8, 4) is 17.2 Å². The van der Waals surface area contributed by atoms with Gasteiger partial charge < -0.3 is 24.8 Å². The first-order chi connectivity index (χ1) is 14.1. The van der Waals surface area contributed by atoms with Gasteiger partial charge in [0.1, 0.15) is 22.9 Å². The minimum atomic E-state index is -0.280. The van der Waals surface area contributed by atoms with E-state index < -0.39 is 0 Å². The Bertz CT molecular complexity index is 991. The van der Waals surface area contributed by atoms with E-state index in [9.17, 15) is 4.79 Å². The Morgan fingerprint density at radius 3 is 2.48 bits per heavy atom. The lowest BCUT2D eigenvalue weighted by molar-refractivity contribution is 0.0945. The molecule has 0 fully saturated rings. The molecule has 3 rings (SSSR count). The van der Waals surface area contributed by atoms with Gasteiger partial charge in [-0.1, -0.05) is 18.2 Å². The van der Waals surface area contributed by atoms with Gasteiger partial charge in [0.05, 0.1) is 27.0 Å². The van der Waals surface area contributed by atoms with Gasteiger partial charge in [-0.05, 0) is 30.3 Å². The zero-order chi connectivity index (χ0) is 20.6. The van der Waals surface area contributed by atoms with Crippen molar-refractivity contribution in [3.63, 3.8) is 0 Å². The van der Waals surface area contributed by atoms with E-state index in [1.54, 1.807) is 39.7 Å². The summed E-state index contributed by atoms with van der Waals surface area (Å²) in [5.74, 6) is 1.79. The van der Waals surface area contributed by atoms with Crippen molar-refractivity contribution < 1.29 is 19.0 Å². The molecule has 3 aromatic rings. The van der Waals surface area contributed by atoms with Crippen LogP contribution >= 0.6 is 0 Å². The average Bonchev–Trinajstić information content (AvgIpc) is 2.77. The third-order valence-corrected chi connectivity index (χ3v) is 4.31. The number of hydrogen-bond acceptors (Lipinski definition) is 6. The molecule has 7 heteroatoms. The van der Waals surface area contributed by atoms with Crippen LogP contribution in [0, 0.1) is 0 Å². The fourth-order valence-electron chi connectivity index (χ4n) is 2.81. The summed E-state index contributed by atoms with van der Waals surface area (Å²) in [7, 11) is 4.79. The normalized spacial score (nSPS) is 10.2. The predicted molar refractivity (Wildman–Crippen MR) is 111 cm³/mol. The minimum absolute atomic E-state index is 0.280. The van der Waals surface area contributed by atoms with Crippen LogP contribution in [0.1, 0.15) is 16.1 Å². The molecule has 29 heavy (non-hydrogen) atoms. The van der Waals surface area contributed by atoms with Gasteiger partial charge >= 0.3 is 0 Å². The largest absolute Gasteiger partial charge is 0.497 e. The number of carbonyl (C=O) groups excluding carboxylic acids is 1. The quantitative estimate of drug-likeness (QED) is 0.606. The first kappa shape index (κ1) is 20.0. The molecule has 7 nitrogen and oxygen atoms in total. The second-order valence-electron chi connectivity index (χ2n) is 6.12. The van der Waals surface area contributed by atoms with Gasteiger partial charge in [0.2, 0.25) is 0 Å². The number of nitrogens with one attached hydrogen (secondary N) is 2. The number of ether oxygens (including phenoxy) is 3. The highest BCUT2D eigenvalue weighted by molar-refractivity contribution is 5.93. The van der Waals surface area contributed by atoms with Crippen molar-refractivity contribution in [1.82, 2.24) is 10.3 Å². The van der Waals surface area contributed by atoms with E-state index in [0.29, 0.717) is 29.4 Å². The van der Waals surface area contributed by atoms with E-state index >= 15 is 0 Å². The molecule has 2 aromatic carbocycles. The molecule has 0 saturated heterocycles. The molecule has 0 spiro atoms. The van der Waals surface area contributed by atoms with Crippen LogP contribution in [-0.4, -0.2) is 32.2 Å². The van der Waals surface area contributed by atoms with Crippen LogP contribution in [0.5, 0.6) is 17.2 Å². The number of pyridine rings is 1. The van der Waals surface area contributed by atoms with E-state index in [-0.39, 0.29) is 5.91 Å². The van der Waals surface area contributed by atoms with Gasteiger partial charge in [-0.25, -0.2) is 0 Å². The molecular weight excluding hydrogens is 370 g/mol. The van der Waals surface area contributed by atoms with Crippen molar-refractivity contribution in [2.45, 2.75) is 6.54 Å². The molecule has 0 aliphatic carbocycles. The van der Waals surface area contributed by atoms with Gasteiger partial charge in [0, 0.05) is 30.1 Å². The summed E-state index contributed by atoms with van der Waals surface area (Å²) in [6.07, 6.45) is 1.58. The topological polar surface area (TPSA) is 81.7 Å². The average molecular weight is 393 g/mol. The Balaban J connectivity index is 1.73. The van der Waals surface area contributed by atoms with Crippen molar-refractivity contribution in [1.29, 1.82) is 0 Å². The van der Waals surface area contributed by atoms with Crippen LogP contribution in [0.4, 0.5) is 11.4 Å². The lowest BCUT2D eigenvalue weighted by atomic mass is 10.2. The highest BCUT2D eigenvalue weighted by atomic mass is 16.5. The number of anilines is 2. The number of hydrogen-bond donors (Lipinski definition) is 2. The lowest BCUT2D eigenvalue weighted by Gasteiger charge is -2.13. The van der Waals surface area contributed by atoms with Crippen LogP contribution in [-0.2, 0) is 6.54 Å². The molecule has 0 radical (unpaired) electrons. The van der Waals surface area contributed by atoms with Gasteiger partial charge in [0.15, 0.2) is 0 Å². The van der Waals surface area contributed by atoms with E-state index in [2.05, 4.69) is 15.6 Å². The van der Waals surface area contributed by atoms with Gasteiger partial charge in [-0.15, -0.1) is 0 Å². The maximum absolute atomic E-state index is 12.6. The number of benzene rings is 2. The summed E-state index contributed by atoms with van der Waals surface area (Å²) in [5, 5.41) is 6.11. The highest BCUT2D eigenvalue weighted by Crippen LogP contribution is 2.31. The van der Waals surface area contributed by atoms with E-state index in [1.165, 1.54) is 0 Å². The number of methoxy groups -OCH3 is 3. The first-order valence-corrected chi connectivity index (χ1v) is 8.99. The minimum Gasteiger partial charge on any atom is -0.497 e. The number of rotatable bonds is 8. The fraction of sp³-hybridized carbons (Fsp3) is 0.182. The van der Waals surface area contributed by atoms with Crippen molar-refractivity contribution in [2.75, 3.05) is 26.6 Å². The monoisotopic (exact) mass is 393 g/mol. The van der Waals surface area contributed by atoms with Crippen molar-refractivity contribution in [2.24, 2.45) is 0 Å². The molecule has 150 valence electrons. The van der Waals surface area contributed by atoms with Crippen LogP contribution < -0.4 is 24.8 Å². The molecule has 0 atom stereocenters. The second kappa shape index (κ2) is 9.45. The summed E-state index contributed by atoms with van der Waals surface area (Å²) >= 11 is 0. The zero-order valence-electron chi connectivity index (χ0n) is 16.6. The summed E-state index contributed by atoms with van der Waals surface area (Å²) in [4.78, 5) is 16.7. The smallest absolute Gasteiger partial charge is 0.270 e. The van der Waals surface area contributed by atoms with Gasteiger partial charge in [-0.3, -0.25) is 9.78 Å². The predicted octanol–water partition coefficient (Wildman–Crippen LogP) is 3.78. The maximum atomic E-state index is 12.6. The van der Waals surface area contributed by atoms with Crippen LogP contribution in [0.25, 0.3) is 0 Å². The van der Waals surface area contributed by atoms with Gasteiger partial charge in [0.25, 0.3) is 5.91 Å². The Hall–Kier alpha value is -3.74. The molecule has 1 amide bonds. The third-order valence-electron chi connectivity index (χ3n) is 4.31. The van der Waals surface area contributed by atoms with Crippen molar-refractivity contribution >= 4 is 17.3 Å². The third kappa shape index (κ3) is 4.95. The number of aromatic nitrogens is 1. The summed E-state index contributed by atoms with van der Waals surface area (Å²) in [6, 6.07) is 16.4. The molecule has 1 aromatic heterocycles. The first-order valence-electron chi connectivity index (χ1n) is 8.99. The summed E-state index contributed by atoms with van der Waals surface area (Å²) < 4.78 is 16.0. The molecule has 0 unspecified atom stereocenters. The Morgan fingerprint density at radius 1 is 0.931 bits per heavy atom. The van der Waals surface area contributed by atoms with Crippen LogP contribution in [0.15, 0.2) is 60.8 Å². The highest BCUT2D eigenvalue weighted by Gasteiger charge is 2.11. The summed E-state index contributed by atoms with van der Waals surface area (Å²) in [6.45, 7) is 0.339. The van der Waals surface area contributed by atoms with E-state index in [0.717, 1.165) is 17.0 Å². The fourth-order valence-corrected chi connectivity index (χ4v) is 2.81. The Kier molecular flexibility index (Phi) is 6.52. The van der Waals surface area contributed by atoms with E-state index in [4.69, 9.17) is 14.2 Å². The van der Waals surface area contributed by atoms with Crippen LogP contribution in [0.3, 0.4) is 0 Å². The number of para-hydroxylation sites is 1. The number of amides is 1. The number of nitrogens with zero attached hydrogens (tertiary/aromatic N) is 1. The molecule has 1 heterocycles. The summed E-state index contributed by atoms with van der Waals surface area (Å²) in [5.41, 5.74) is 2.61. The standard InChI is InChI=1S/C22H23N3O4/c1-27-17-8-9-21(29-3)18(13-17)25-16-10-11-23-19(12-16)22(26)24-14-15-6-4-5-7-20(15)28-2/h4-13H,14H2,1-3H3,(H,23,25)(H,24,26). The molecule has 0 aliphatic rings. The molecule has 0 aliphatic heterocycles. The molecule has 0 saturated carbocycles. The molecule has 2 N–H and O–H groups in total. The second-order valence-corrected chi connectivity index (χ2v) is 6.12. The van der Waals surface area contributed by atoms with Gasteiger partial charge in [-0.2, -0.15) is 0 Å². The van der Waals surface area contributed by atoms with Crippen molar-refractivity contribution in [3.05, 3.63) is 72.1 Å². The Labute approximate surface area is 169 Å². The Morgan fingerprint density at radius 2 is 1.72 bits per heavy atom. The zero-order valence-corrected chi connectivity index (χ0v) is 16.6.